The molecule has 0 fully saturated rings. The third-order valence-corrected chi connectivity index (χ3v) is 1.61. The molecule has 4 heteroatoms. The molecule has 1 N–H and O–H groups in total. The van der Waals surface area contributed by atoms with Crippen LogP contribution in [-0.2, 0) is 11.1 Å². The van der Waals surface area contributed by atoms with Crippen LogP contribution in [0.5, 0.6) is 0 Å². The predicted molar refractivity (Wildman–Crippen MR) is 36.9 cm³/mol. The Kier molecular flexibility index (Phi) is 6.24. The van der Waals surface area contributed by atoms with Gasteiger partial charge in [0, 0.05) is 5.75 Å². The van der Waals surface area contributed by atoms with Crippen molar-refractivity contribution in [1.82, 2.24) is 5.32 Å². The third-order valence-electron chi connectivity index (χ3n) is 0.988. The molecule has 0 heterocycles. The summed E-state index contributed by atoms with van der Waals surface area (Å²) in [6.07, 6.45) is 1.70. The molecule has 1 unspecified atom stereocenters. The Labute approximate surface area is 58.1 Å². The lowest BCUT2D eigenvalue weighted by atomic mass is 10.3. The lowest BCUT2D eigenvalue weighted by Crippen LogP contribution is -2.08. The van der Waals surface area contributed by atoms with Gasteiger partial charge in [0.15, 0.2) is 0 Å². The molecule has 1 atom stereocenters. The topological polar surface area (TPSA) is 52.2 Å². The fourth-order valence-corrected chi connectivity index (χ4v) is 0.962. The molecule has 0 aromatic rings. The van der Waals surface area contributed by atoms with E-state index in [2.05, 4.69) is 5.32 Å². The maximum absolute atomic E-state index is 9.94. The molecule has 0 aliphatic heterocycles. The number of nitrogens with one attached hydrogen (secondary N) is 1. The Morgan fingerprint density at radius 2 is 2.22 bits per heavy atom. The summed E-state index contributed by atoms with van der Waals surface area (Å²) in [6, 6.07) is 0. The van der Waals surface area contributed by atoms with E-state index in [4.69, 9.17) is 0 Å². The molecule has 0 saturated heterocycles. The zero-order valence-electron chi connectivity index (χ0n) is 5.55. The second kappa shape index (κ2) is 6.19. The Bertz CT molecular complexity index is 87.0. The van der Waals surface area contributed by atoms with Gasteiger partial charge in [-0.1, -0.05) is 11.1 Å². The van der Waals surface area contributed by atoms with Crippen molar-refractivity contribution in [2.45, 2.75) is 12.8 Å². The number of unbranched alkanes of at least 4 members (excludes halogenated alkanes) is 1. The molecule has 0 rings (SSSR count). The van der Waals surface area contributed by atoms with Crippen molar-refractivity contribution in [3.8, 4) is 0 Å². The monoisotopic (exact) mass is 150 g/mol. The fourth-order valence-electron chi connectivity index (χ4n) is 0.522. The Hall–Kier alpha value is 0.0700. The van der Waals surface area contributed by atoms with Crippen LogP contribution in [0, 0.1) is 0 Å². The highest BCUT2D eigenvalue weighted by Gasteiger charge is 1.85. The van der Waals surface area contributed by atoms with Crippen LogP contribution < -0.4 is 5.32 Å². The largest absolute Gasteiger partial charge is 0.772 e. The normalized spacial score (nSPS) is 13.6. The van der Waals surface area contributed by atoms with Crippen molar-refractivity contribution in [3.63, 3.8) is 0 Å². The highest BCUT2D eigenvalue weighted by Crippen LogP contribution is 1.87. The van der Waals surface area contributed by atoms with Crippen molar-refractivity contribution >= 4 is 11.1 Å². The summed E-state index contributed by atoms with van der Waals surface area (Å²) in [5.74, 6) is 0.293. The van der Waals surface area contributed by atoms with Crippen LogP contribution in [0.3, 0.4) is 0 Å². The van der Waals surface area contributed by atoms with E-state index >= 15 is 0 Å². The van der Waals surface area contributed by atoms with E-state index in [1.165, 1.54) is 0 Å². The smallest absolute Gasteiger partial charge is 0.0102 e. The molecule has 0 spiro atoms. The van der Waals surface area contributed by atoms with E-state index in [1.54, 1.807) is 0 Å². The molecule has 0 bridgehead atoms. The van der Waals surface area contributed by atoms with Crippen LogP contribution in [0.25, 0.3) is 0 Å². The quantitative estimate of drug-likeness (QED) is 0.438. The van der Waals surface area contributed by atoms with Gasteiger partial charge in [0.1, 0.15) is 0 Å². The summed E-state index contributed by atoms with van der Waals surface area (Å²) in [5.41, 5.74) is 0. The van der Waals surface area contributed by atoms with Gasteiger partial charge in [-0.3, -0.25) is 4.21 Å². The summed E-state index contributed by atoms with van der Waals surface area (Å²) in [4.78, 5) is 0. The van der Waals surface area contributed by atoms with Crippen LogP contribution in [0.15, 0.2) is 0 Å². The van der Waals surface area contributed by atoms with E-state index in [0.29, 0.717) is 5.75 Å². The van der Waals surface area contributed by atoms with Gasteiger partial charge >= 0.3 is 0 Å². The summed E-state index contributed by atoms with van der Waals surface area (Å²) in [7, 11) is 1.86. The average molecular weight is 150 g/mol. The highest BCUT2D eigenvalue weighted by molar-refractivity contribution is 7.79. The molecule has 0 aromatic heterocycles. The highest BCUT2D eigenvalue weighted by atomic mass is 32.2. The number of hydrogen-bond acceptors (Lipinski definition) is 3. The predicted octanol–water partition coefficient (Wildman–Crippen LogP) is -0.135. The van der Waals surface area contributed by atoms with Crippen molar-refractivity contribution in [3.05, 3.63) is 0 Å². The van der Waals surface area contributed by atoms with E-state index in [9.17, 15) is 8.76 Å². The first-order valence-corrected chi connectivity index (χ1v) is 4.22. The summed E-state index contributed by atoms with van der Waals surface area (Å²) >= 11 is -1.85. The van der Waals surface area contributed by atoms with Crippen LogP contribution in [0.4, 0.5) is 0 Å². The first kappa shape index (κ1) is 9.07. The molecule has 3 nitrogen and oxygen atoms in total. The standard InChI is InChI=1S/C5H13NO2S/c1-6-4-2-3-5-9(7)8/h6H,2-5H2,1H3,(H,7,8)/p-1. The Balaban J connectivity index is 2.83. The van der Waals surface area contributed by atoms with Crippen molar-refractivity contribution in [2.75, 3.05) is 19.3 Å². The summed E-state index contributed by atoms with van der Waals surface area (Å²) in [6.45, 7) is 0.900. The van der Waals surface area contributed by atoms with Crippen molar-refractivity contribution in [2.24, 2.45) is 0 Å². The number of rotatable bonds is 5. The zero-order valence-corrected chi connectivity index (χ0v) is 6.37. The maximum Gasteiger partial charge on any atom is 0.0102 e. The molecular weight excluding hydrogens is 138 g/mol. The van der Waals surface area contributed by atoms with Gasteiger partial charge in [0.2, 0.25) is 0 Å². The molecule has 56 valence electrons. The summed E-state index contributed by atoms with van der Waals surface area (Å²) < 4.78 is 19.9. The van der Waals surface area contributed by atoms with Crippen molar-refractivity contribution in [1.29, 1.82) is 0 Å². The van der Waals surface area contributed by atoms with E-state index in [0.717, 1.165) is 19.4 Å². The SMILES string of the molecule is CNCCCCS(=O)[O-]. The van der Waals surface area contributed by atoms with Gasteiger partial charge in [-0.15, -0.1) is 0 Å². The lowest BCUT2D eigenvalue weighted by Gasteiger charge is -2.02. The molecule has 0 saturated carbocycles. The van der Waals surface area contributed by atoms with Crippen molar-refractivity contribution < 1.29 is 8.76 Å². The lowest BCUT2D eigenvalue weighted by molar-refractivity contribution is 0.533. The van der Waals surface area contributed by atoms with Gasteiger partial charge in [-0.05, 0) is 26.4 Å². The molecule has 0 amide bonds. The fraction of sp³-hybridized carbons (Fsp3) is 1.00. The van der Waals surface area contributed by atoms with Gasteiger partial charge in [-0.2, -0.15) is 0 Å². The van der Waals surface area contributed by atoms with Crippen LogP contribution in [0.2, 0.25) is 0 Å². The molecule has 9 heavy (non-hydrogen) atoms. The maximum atomic E-state index is 9.94. The minimum atomic E-state index is -1.85. The molecule has 0 aliphatic rings. The molecule has 0 aromatic carbocycles. The van der Waals surface area contributed by atoms with E-state index < -0.39 is 11.1 Å². The van der Waals surface area contributed by atoms with E-state index in [-0.39, 0.29) is 0 Å². The first-order chi connectivity index (χ1) is 4.27. The number of hydrogen-bond donors (Lipinski definition) is 1. The average Bonchev–Trinajstić information content (AvgIpc) is 1.80. The third kappa shape index (κ3) is 8.07. The van der Waals surface area contributed by atoms with Gasteiger partial charge in [0.25, 0.3) is 0 Å². The van der Waals surface area contributed by atoms with Crippen LogP contribution >= 0.6 is 0 Å². The Morgan fingerprint density at radius 3 is 2.67 bits per heavy atom. The second-order valence-electron chi connectivity index (χ2n) is 1.82. The van der Waals surface area contributed by atoms with Crippen LogP contribution in [0.1, 0.15) is 12.8 Å². The second-order valence-corrected chi connectivity index (χ2v) is 2.83. The Morgan fingerprint density at radius 1 is 1.56 bits per heavy atom. The molecule has 0 aliphatic carbocycles. The van der Waals surface area contributed by atoms with Gasteiger partial charge in [0.05, 0.1) is 0 Å². The minimum Gasteiger partial charge on any atom is -0.772 e. The molecular formula is C5H12NO2S-. The minimum absolute atomic E-state index is 0.293. The molecule has 0 radical (unpaired) electrons. The zero-order chi connectivity index (χ0) is 7.11. The van der Waals surface area contributed by atoms with Gasteiger partial charge < -0.3 is 9.87 Å². The summed E-state index contributed by atoms with van der Waals surface area (Å²) in [5, 5.41) is 2.94. The first-order valence-electron chi connectivity index (χ1n) is 2.98. The van der Waals surface area contributed by atoms with E-state index in [1.807, 2.05) is 7.05 Å². The van der Waals surface area contributed by atoms with Gasteiger partial charge in [-0.25, -0.2) is 0 Å². The van der Waals surface area contributed by atoms with Crippen LogP contribution in [-0.4, -0.2) is 28.1 Å².